The van der Waals surface area contributed by atoms with Crippen LogP contribution in [-0.2, 0) is 6.30 Å². The minimum atomic E-state index is -4.53. The van der Waals surface area contributed by atoms with Gasteiger partial charge in [0.1, 0.15) is 6.20 Å². The van der Waals surface area contributed by atoms with E-state index in [4.69, 9.17) is 0 Å². The molecule has 0 amide bonds. The van der Waals surface area contributed by atoms with E-state index in [9.17, 15) is 13.2 Å². The number of rotatable bonds is 0. The van der Waals surface area contributed by atoms with Gasteiger partial charge in [0.25, 0.3) is 0 Å². The largest absolute Gasteiger partial charge is 0.506 e. The summed E-state index contributed by atoms with van der Waals surface area (Å²) >= 11 is 2.67. The SMILES string of the molecule is FC(F)(F)n1[c]c(Br)nn1. The van der Waals surface area contributed by atoms with Crippen molar-refractivity contribution in [2.45, 2.75) is 6.30 Å². The highest BCUT2D eigenvalue weighted by molar-refractivity contribution is 9.10. The Balaban J connectivity index is 2.96. The highest BCUT2D eigenvalue weighted by Gasteiger charge is 2.32. The molecule has 1 radical (unpaired) electrons. The average molecular weight is 215 g/mol. The Kier molecular flexibility index (Phi) is 1.67. The molecule has 0 spiro atoms. The molecule has 0 aliphatic heterocycles. The summed E-state index contributed by atoms with van der Waals surface area (Å²) < 4.78 is 34.5. The Hall–Kier alpha value is -0.590. The van der Waals surface area contributed by atoms with Crippen LogP contribution >= 0.6 is 15.9 Å². The molecule has 1 rings (SSSR count). The minimum absolute atomic E-state index is 0.0650. The molecular formula is C3BrF3N3. The van der Waals surface area contributed by atoms with Gasteiger partial charge in [0.15, 0.2) is 4.60 Å². The highest BCUT2D eigenvalue weighted by atomic mass is 79.9. The molecule has 0 saturated carbocycles. The van der Waals surface area contributed by atoms with Crippen LogP contribution in [0.25, 0.3) is 0 Å². The van der Waals surface area contributed by atoms with E-state index in [0.717, 1.165) is 0 Å². The first-order valence-electron chi connectivity index (χ1n) is 2.08. The molecule has 0 atom stereocenters. The lowest BCUT2D eigenvalue weighted by atomic mass is 10.9. The van der Waals surface area contributed by atoms with Crippen molar-refractivity contribution in [3.63, 3.8) is 0 Å². The fraction of sp³-hybridized carbons (Fsp3) is 0.333. The van der Waals surface area contributed by atoms with Gasteiger partial charge < -0.3 is 0 Å². The van der Waals surface area contributed by atoms with Crippen LogP contribution in [0.15, 0.2) is 4.60 Å². The van der Waals surface area contributed by atoms with Gasteiger partial charge in [0.05, 0.1) is 0 Å². The van der Waals surface area contributed by atoms with Crippen molar-refractivity contribution in [3.05, 3.63) is 10.8 Å². The van der Waals surface area contributed by atoms with Gasteiger partial charge in [-0.25, -0.2) is 0 Å². The predicted molar refractivity (Wildman–Crippen MR) is 27.9 cm³/mol. The molecule has 7 heteroatoms. The molecule has 0 aromatic carbocycles. The molecule has 0 saturated heterocycles. The van der Waals surface area contributed by atoms with Gasteiger partial charge in [-0.3, -0.25) is 0 Å². The molecule has 0 unspecified atom stereocenters. The van der Waals surface area contributed by atoms with Crippen molar-refractivity contribution >= 4 is 15.9 Å². The molecule has 0 bridgehead atoms. The van der Waals surface area contributed by atoms with E-state index in [0.29, 0.717) is 0 Å². The summed E-state index contributed by atoms with van der Waals surface area (Å²) in [6.07, 6.45) is -2.73. The number of alkyl halides is 3. The van der Waals surface area contributed by atoms with E-state index in [1.807, 2.05) is 0 Å². The van der Waals surface area contributed by atoms with Crippen LogP contribution in [0.3, 0.4) is 0 Å². The van der Waals surface area contributed by atoms with Crippen molar-refractivity contribution in [2.24, 2.45) is 0 Å². The second kappa shape index (κ2) is 2.22. The quantitative estimate of drug-likeness (QED) is 0.653. The molecule has 55 valence electrons. The van der Waals surface area contributed by atoms with Gasteiger partial charge in [-0.05, 0) is 15.9 Å². The van der Waals surface area contributed by atoms with E-state index in [-0.39, 0.29) is 9.28 Å². The second-order valence-corrected chi connectivity index (χ2v) is 2.12. The first kappa shape index (κ1) is 7.52. The van der Waals surface area contributed by atoms with Crippen LogP contribution in [0, 0.1) is 6.20 Å². The van der Waals surface area contributed by atoms with Gasteiger partial charge in [-0.1, -0.05) is 5.21 Å². The first-order valence-corrected chi connectivity index (χ1v) is 2.87. The summed E-state index contributed by atoms with van der Waals surface area (Å²) in [5.41, 5.74) is 0. The lowest BCUT2D eigenvalue weighted by Crippen LogP contribution is -2.17. The molecule has 0 N–H and O–H groups in total. The zero-order valence-electron chi connectivity index (χ0n) is 4.35. The maximum Gasteiger partial charge on any atom is 0.506 e. The van der Waals surface area contributed by atoms with Gasteiger partial charge in [-0.15, -0.1) is 23.0 Å². The molecule has 0 aliphatic rings. The highest BCUT2D eigenvalue weighted by Crippen LogP contribution is 2.20. The normalized spacial score (nSPS) is 12.0. The molecule has 1 aromatic heterocycles. The molecular weight excluding hydrogens is 215 g/mol. The third-order valence-electron chi connectivity index (χ3n) is 0.660. The van der Waals surface area contributed by atoms with Gasteiger partial charge >= 0.3 is 6.30 Å². The van der Waals surface area contributed by atoms with Crippen LogP contribution < -0.4 is 0 Å². The van der Waals surface area contributed by atoms with Crippen molar-refractivity contribution in [1.82, 2.24) is 15.0 Å². The molecule has 3 nitrogen and oxygen atoms in total. The number of hydrogen-bond acceptors (Lipinski definition) is 2. The maximum absolute atomic E-state index is 11.6. The Morgan fingerprint density at radius 2 is 2.10 bits per heavy atom. The minimum Gasteiger partial charge on any atom is -0.149 e. The zero-order chi connectivity index (χ0) is 7.78. The third kappa shape index (κ3) is 1.47. The van der Waals surface area contributed by atoms with Crippen molar-refractivity contribution in [1.29, 1.82) is 0 Å². The fourth-order valence-electron chi connectivity index (χ4n) is 0.330. The molecule has 0 fully saturated rings. The topological polar surface area (TPSA) is 30.7 Å². The lowest BCUT2D eigenvalue weighted by molar-refractivity contribution is -0.213. The van der Waals surface area contributed by atoms with Gasteiger partial charge in [0, 0.05) is 0 Å². The smallest absolute Gasteiger partial charge is 0.149 e. The van der Waals surface area contributed by atoms with Crippen LogP contribution in [0.4, 0.5) is 13.2 Å². The Morgan fingerprint density at radius 3 is 2.30 bits per heavy atom. The standard InChI is InChI=1S/C3BrF3N3/c4-2-1-10(9-8-2)3(5,6)7. The monoisotopic (exact) mass is 214 g/mol. The maximum atomic E-state index is 11.6. The van der Waals surface area contributed by atoms with Crippen molar-refractivity contribution in [3.8, 4) is 0 Å². The van der Waals surface area contributed by atoms with Crippen LogP contribution in [-0.4, -0.2) is 15.0 Å². The van der Waals surface area contributed by atoms with Gasteiger partial charge in [0.2, 0.25) is 0 Å². The van der Waals surface area contributed by atoms with Crippen molar-refractivity contribution < 1.29 is 13.2 Å². The lowest BCUT2D eigenvalue weighted by Gasteiger charge is -2.01. The van der Waals surface area contributed by atoms with E-state index >= 15 is 0 Å². The number of halogens is 4. The Labute approximate surface area is 62.0 Å². The summed E-state index contributed by atoms with van der Waals surface area (Å²) in [6, 6.07) is 0. The van der Waals surface area contributed by atoms with E-state index in [1.54, 1.807) is 6.20 Å². The van der Waals surface area contributed by atoms with E-state index in [2.05, 4.69) is 26.2 Å². The first-order chi connectivity index (χ1) is 4.50. The summed E-state index contributed by atoms with van der Waals surface area (Å²) in [7, 11) is 0. The summed E-state index contributed by atoms with van der Waals surface area (Å²) in [5.74, 6) is 0. The number of aromatic nitrogens is 3. The molecule has 10 heavy (non-hydrogen) atoms. The Bertz CT molecular complexity index is 229. The number of nitrogens with zero attached hydrogens (tertiary/aromatic N) is 3. The summed E-state index contributed by atoms with van der Waals surface area (Å²) in [4.78, 5) is 0. The molecule has 1 heterocycles. The predicted octanol–water partition coefficient (Wildman–Crippen LogP) is 1.32. The van der Waals surface area contributed by atoms with E-state index in [1.165, 1.54) is 0 Å². The van der Waals surface area contributed by atoms with Crippen LogP contribution in [0.1, 0.15) is 0 Å². The average Bonchev–Trinajstić information content (AvgIpc) is 2.11. The summed E-state index contributed by atoms with van der Waals surface area (Å²) in [5, 5.41) is 5.76. The summed E-state index contributed by atoms with van der Waals surface area (Å²) in [6.45, 7) is 0. The van der Waals surface area contributed by atoms with Crippen molar-refractivity contribution in [2.75, 3.05) is 0 Å². The van der Waals surface area contributed by atoms with E-state index < -0.39 is 6.30 Å². The second-order valence-electron chi connectivity index (χ2n) is 1.37. The zero-order valence-corrected chi connectivity index (χ0v) is 5.94. The number of hydrogen-bond donors (Lipinski definition) is 0. The fourth-order valence-corrected chi connectivity index (χ4v) is 0.569. The third-order valence-corrected chi connectivity index (χ3v) is 0.996. The van der Waals surface area contributed by atoms with Gasteiger partial charge in [-0.2, -0.15) is 0 Å². The Morgan fingerprint density at radius 1 is 1.50 bits per heavy atom. The molecule has 1 aromatic rings. The molecule has 0 aliphatic carbocycles. The van der Waals surface area contributed by atoms with Crippen LogP contribution in [0.2, 0.25) is 0 Å². The van der Waals surface area contributed by atoms with Crippen LogP contribution in [0.5, 0.6) is 0 Å².